The Morgan fingerprint density at radius 2 is 1.83 bits per heavy atom. The third kappa shape index (κ3) is 2.14. The van der Waals surface area contributed by atoms with E-state index in [2.05, 4.69) is 15.9 Å². The molecule has 0 bridgehead atoms. The Morgan fingerprint density at radius 1 is 1.25 bits per heavy atom. The van der Waals surface area contributed by atoms with Crippen molar-refractivity contribution in [1.29, 1.82) is 0 Å². The van der Waals surface area contributed by atoms with E-state index in [4.69, 9.17) is 0 Å². The first-order chi connectivity index (χ1) is 5.75. The van der Waals surface area contributed by atoms with E-state index in [0.29, 0.717) is 5.33 Å². The Labute approximate surface area is 78.0 Å². The van der Waals surface area contributed by atoms with Crippen molar-refractivity contribution in [2.45, 2.75) is 0 Å². The van der Waals surface area contributed by atoms with E-state index >= 15 is 0 Å². The minimum absolute atomic E-state index is 0.0111. The summed E-state index contributed by atoms with van der Waals surface area (Å²) in [5.41, 5.74) is 0.0111. The molecule has 0 nitrogen and oxygen atoms in total. The second-order valence-corrected chi connectivity index (χ2v) is 2.84. The average molecular weight is 233 g/mol. The molecule has 0 atom stereocenters. The predicted molar refractivity (Wildman–Crippen MR) is 49.2 cm³/mol. The van der Waals surface area contributed by atoms with Gasteiger partial charge in [-0.3, -0.25) is 0 Å². The lowest BCUT2D eigenvalue weighted by Gasteiger charge is -1.96. The highest BCUT2D eigenvalue weighted by atomic mass is 79.9. The zero-order valence-corrected chi connectivity index (χ0v) is 7.81. The first-order valence-corrected chi connectivity index (χ1v) is 4.54. The topological polar surface area (TPSA) is 0 Å². The summed E-state index contributed by atoms with van der Waals surface area (Å²) in [4.78, 5) is 0. The Morgan fingerprint density at radius 3 is 2.33 bits per heavy atom. The lowest BCUT2D eigenvalue weighted by Crippen LogP contribution is -1.86. The molecule has 1 aromatic rings. The van der Waals surface area contributed by atoms with Gasteiger partial charge in [0.1, 0.15) is 11.6 Å². The Bertz CT molecular complexity index is 274. The second kappa shape index (κ2) is 4.36. The van der Waals surface area contributed by atoms with Gasteiger partial charge in [0, 0.05) is 10.9 Å². The van der Waals surface area contributed by atoms with Gasteiger partial charge >= 0.3 is 0 Å². The third-order valence-electron chi connectivity index (χ3n) is 1.37. The molecule has 0 aliphatic carbocycles. The van der Waals surface area contributed by atoms with Crippen LogP contribution in [0.5, 0.6) is 0 Å². The van der Waals surface area contributed by atoms with Gasteiger partial charge in [0.05, 0.1) is 0 Å². The van der Waals surface area contributed by atoms with E-state index in [0.717, 1.165) is 0 Å². The summed E-state index contributed by atoms with van der Waals surface area (Å²) < 4.78 is 25.7. The van der Waals surface area contributed by atoms with Crippen LogP contribution in [0.3, 0.4) is 0 Å². The number of benzene rings is 1. The SMILES string of the molecule is Fc1cccc(F)c1/C=C/CBr. The molecule has 0 radical (unpaired) electrons. The normalized spacial score (nSPS) is 10.9. The van der Waals surface area contributed by atoms with Crippen molar-refractivity contribution < 1.29 is 8.78 Å². The molecule has 12 heavy (non-hydrogen) atoms. The highest BCUT2D eigenvalue weighted by molar-refractivity contribution is 9.09. The van der Waals surface area contributed by atoms with Gasteiger partial charge in [-0.25, -0.2) is 8.78 Å². The van der Waals surface area contributed by atoms with Crippen molar-refractivity contribution in [2.24, 2.45) is 0 Å². The zero-order chi connectivity index (χ0) is 8.97. The monoisotopic (exact) mass is 232 g/mol. The molecule has 1 aromatic carbocycles. The van der Waals surface area contributed by atoms with Gasteiger partial charge in [-0.1, -0.05) is 34.1 Å². The molecule has 0 aliphatic heterocycles. The maximum atomic E-state index is 12.9. The first kappa shape index (κ1) is 9.39. The Kier molecular flexibility index (Phi) is 3.41. The van der Waals surface area contributed by atoms with Crippen LogP contribution in [0.4, 0.5) is 8.78 Å². The van der Waals surface area contributed by atoms with E-state index in [1.165, 1.54) is 24.3 Å². The number of halogens is 3. The van der Waals surface area contributed by atoms with Crippen LogP contribution in [0.25, 0.3) is 6.08 Å². The van der Waals surface area contributed by atoms with Gasteiger partial charge in [0.15, 0.2) is 0 Å². The van der Waals surface area contributed by atoms with E-state index in [1.807, 2.05) is 0 Å². The van der Waals surface area contributed by atoms with Crippen LogP contribution >= 0.6 is 15.9 Å². The Hall–Kier alpha value is -0.700. The molecule has 0 heterocycles. The van der Waals surface area contributed by atoms with Crippen LogP contribution in [0.15, 0.2) is 24.3 Å². The van der Waals surface area contributed by atoms with Gasteiger partial charge in [0.2, 0.25) is 0 Å². The summed E-state index contributed by atoms with van der Waals surface area (Å²) in [6, 6.07) is 3.81. The number of allylic oxidation sites excluding steroid dienone is 1. The summed E-state index contributed by atoms with van der Waals surface area (Å²) >= 11 is 3.12. The van der Waals surface area contributed by atoms with Gasteiger partial charge < -0.3 is 0 Å². The number of hydrogen-bond acceptors (Lipinski definition) is 0. The van der Waals surface area contributed by atoms with Crippen LogP contribution in [0, 0.1) is 11.6 Å². The van der Waals surface area contributed by atoms with Gasteiger partial charge in [-0.05, 0) is 12.1 Å². The molecule has 64 valence electrons. The highest BCUT2D eigenvalue weighted by Crippen LogP contribution is 2.13. The fourth-order valence-corrected chi connectivity index (χ4v) is 1.02. The molecule has 0 saturated heterocycles. The van der Waals surface area contributed by atoms with Crippen molar-refractivity contribution in [3.05, 3.63) is 41.5 Å². The minimum Gasteiger partial charge on any atom is -0.206 e. The molecule has 0 fully saturated rings. The van der Waals surface area contributed by atoms with Gasteiger partial charge in [-0.15, -0.1) is 0 Å². The quantitative estimate of drug-likeness (QED) is 0.687. The highest BCUT2D eigenvalue weighted by Gasteiger charge is 2.02. The van der Waals surface area contributed by atoms with Crippen LogP contribution < -0.4 is 0 Å². The molecule has 3 heteroatoms. The molecular weight excluding hydrogens is 226 g/mol. The average Bonchev–Trinajstić information content (AvgIpc) is 2.04. The molecule has 0 amide bonds. The molecule has 0 saturated carbocycles. The number of alkyl halides is 1. The molecule has 0 unspecified atom stereocenters. The van der Waals surface area contributed by atoms with E-state index in [9.17, 15) is 8.78 Å². The van der Waals surface area contributed by atoms with E-state index < -0.39 is 11.6 Å². The standard InChI is InChI=1S/C9H7BrF2/c10-6-2-3-7-8(11)4-1-5-9(7)12/h1-5H,6H2/b3-2+. The van der Waals surface area contributed by atoms with Crippen molar-refractivity contribution in [3.63, 3.8) is 0 Å². The summed E-state index contributed by atoms with van der Waals surface area (Å²) in [6.45, 7) is 0. The molecular formula is C9H7BrF2. The van der Waals surface area contributed by atoms with E-state index in [1.54, 1.807) is 6.08 Å². The van der Waals surface area contributed by atoms with Crippen LogP contribution in [-0.4, -0.2) is 5.33 Å². The van der Waals surface area contributed by atoms with Crippen LogP contribution in [0.1, 0.15) is 5.56 Å². The summed E-state index contributed by atoms with van der Waals surface area (Å²) in [6.07, 6.45) is 3.06. The smallest absolute Gasteiger partial charge is 0.133 e. The van der Waals surface area contributed by atoms with Crippen molar-refractivity contribution in [3.8, 4) is 0 Å². The van der Waals surface area contributed by atoms with Gasteiger partial charge in [-0.2, -0.15) is 0 Å². The maximum Gasteiger partial charge on any atom is 0.133 e. The lowest BCUT2D eigenvalue weighted by atomic mass is 10.2. The molecule has 0 spiro atoms. The second-order valence-electron chi connectivity index (χ2n) is 2.19. The van der Waals surface area contributed by atoms with Crippen LogP contribution in [0.2, 0.25) is 0 Å². The Balaban J connectivity index is 3.04. The largest absolute Gasteiger partial charge is 0.206 e. The molecule has 1 rings (SSSR count). The minimum atomic E-state index is -0.535. The summed E-state index contributed by atoms with van der Waals surface area (Å²) in [7, 11) is 0. The third-order valence-corrected chi connectivity index (χ3v) is 1.75. The van der Waals surface area contributed by atoms with Crippen molar-refractivity contribution >= 4 is 22.0 Å². The van der Waals surface area contributed by atoms with Crippen LogP contribution in [-0.2, 0) is 0 Å². The summed E-state index contributed by atoms with van der Waals surface area (Å²) in [5, 5.41) is 0.584. The number of hydrogen-bond donors (Lipinski definition) is 0. The maximum absolute atomic E-state index is 12.9. The zero-order valence-electron chi connectivity index (χ0n) is 6.23. The van der Waals surface area contributed by atoms with E-state index in [-0.39, 0.29) is 5.56 Å². The lowest BCUT2D eigenvalue weighted by molar-refractivity contribution is 0.578. The van der Waals surface area contributed by atoms with Crippen molar-refractivity contribution in [1.82, 2.24) is 0 Å². The van der Waals surface area contributed by atoms with Gasteiger partial charge in [0.25, 0.3) is 0 Å². The molecule has 0 N–H and O–H groups in total. The fourth-order valence-electron chi connectivity index (χ4n) is 0.832. The molecule has 0 aliphatic rings. The first-order valence-electron chi connectivity index (χ1n) is 3.42. The summed E-state index contributed by atoms with van der Waals surface area (Å²) in [5.74, 6) is -1.07. The predicted octanol–water partition coefficient (Wildman–Crippen LogP) is 3.37. The number of rotatable bonds is 2. The fraction of sp³-hybridized carbons (Fsp3) is 0.111. The van der Waals surface area contributed by atoms with Crippen molar-refractivity contribution in [2.75, 3.05) is 5.33 Å². The molecule has 0 aromatic heterocycles.